The van der Waals surface area contributed by atoms with Crippen molar-refractivity contribution in [2.24, 2.45) is 5.92 Å². The van der Waals surface area contributed by atoms with Gasteiger partial charge < -0.3 is 15.0 Å². The van der Waals surface area contributed by atoms with Crippen LogP contribution in [0.2, 0.25) is 0 Å². The molecule has 29 heavy (non-hydrogen) atoms. The quantitative estimate of drug-likeness (QED) is 0.177. The number of unbranched alkanes of at least 4 members (excludes halogenated alkanes) is 16. The van der Waals surface area contributed by atoms with Crippen molar-refractivity contribution in [2.45, 2.75) is 122 Å². The van der Waals surface area contributed by atoms with Crippen LogP contribution in [0.3, 0.4) is 0 Å². The number of carbonyl (C=O) groups is 2. The topological polar surface area (TPSA) is 77.4 Å². The maximum atomic E-state index is 10.9. The van der Waals surface area contributed by atoms with Gasteiger partial charge in [0.05, 0.1) is 5.92 Å². The fourth-order valence-corrected chi connectivity index (χ4v) is 3.49. The number of allylic oxidation sites excluding steroid dienone is 1. The van der Waals surface area contributed by atoms with E-state index in [4.69, 9.17) is 5.11 Å². The maximum absolute atomic E-state index is 10.9. The Labute approximate surface area is 201 Å². The molecule has 0 radical (unpaired) electrons. The first kappa shape index (κ1) is 30.9. The number of aliphatic carboxylic acids is 2. The molecule has 0 amide bonds. The van der Waals surface area contributed by atoms with Crippen LogP contribution in [-0.2, 0) is 9.59 Å². The molecule has 0 aromatic carbocycles. The third-order valence-corrected chi connectivity index (χ3v) is 5.30. The molecular formula is C24H43NaO4. The molecule has 164 valence electrons. The van der Waals surface area contributed by atoms with Crippen LogP contribution in [0.4, 0.5) is 0 Å². The van der Waals surface area contributed by atoms with Crippen LogP contribution in [0.5, 0.6) is 0 Å². The summed E-state index contributed by atoms with van der Waals surface area (Å²) < 4.78 is 0. The fraction of sp³-hybridized carbons (Fsp3) is 0.833. The standard InChI is InChI=1S/C24H44O4.Na/c1-2-3-4-5-6-7-8-9-10-11-12-13-14-15-16-17-18-19-20-22(24(27)28)21-23(25)26;/h19-20,22H,2-18,21H2,1H3,(H,25,26)(H,27,28);/q;+1/p-1/b20-19+;. The van der Waals surface area contributed by atoms with Crippen LogP contribution in [-0.4, -0.2) is 17.0 Å². The van der Waals surface area contributed by atoms with Crippen molar-refractivity contribution in [1.82, 2.24) is 0 Å². The van der Waals surface area contributed by atoms with Crippen molar-refractivity contribution >= 4 is 11.9 Å². The van der Waals surface area contributed by atoms with Gasteiger partial charge in [0.15, 0.2) is 0 Å². The minimum Gasteiger partial charge on any atom is -0.550 e. The molecule has 0 aliphatic heterocycles. The number of hydrogen-bond acceptors (Lipinski definition) is 3. The van der Waals surface area contributed by atoms with Crippen molar-refractivity contribution in [3.05, 3.63) is 12.2 Å². The normalized spacial score (nSPS) is 12.0. The molecule has 5 heteroatoms. The van der Waals surface area contributed by atoms with Gasteiger partial charge in [-0.1, -0.05) is 115 Å². The number of hydrogen-bond donors (Lipinski definition) is 1. The minimum atomic E-state index is -1.32. The number of rotatable bonds is 21. The Hall–Kier alpha value is -0.320. The number of carboxylic acid groups (broad SMARTS) is 2. The SMILES string of the molecule is CCCCCCCCCCCCCCCCCC/C=C/C(CC(=O)[O-])C(=O)O.[Na+]. The average molecular weight is 419 g/mol. The zero-order valence-electron chi connectivity index (χ0n) is 19.1. The van der Waals surface area contributed by atoms with Gasteiger partial charge in [-0.25, -0.2) is 0 Å². The molecule has 0 rings (SSSR count). The first-order chi connectivity index (χ1) is 13.6. The van der Waals surface area contributed by atoms with Crippen LogP contribution >= 0.6 is 0 Å². The zero-order valence-corrected chi connectivity index (χ0v) is 21.1. The molecule has 1 atom stereocenters. The maximum Gasteiger partial charge on any atom is 1.00 e. The summed E-state index contributed by atoms with van der Waals surface area (Å²) in [4.78, 5) is 21.4. The second-order valence-corrected chi connectivity index (χ2v) is 8.04. The molecule has 0 aromatic rings. The van der Waals surface area contributed by atoms with Gasteiger partial charge in [0.1, 0.15) is 0 Å². The zero-order chi connectivity index (χ0) is 20.9. The third kappa shape index (κ3) is 23.8. The van der Waals surface area contributed by atoms with E-state index >= 15 is 0 Å². The summed E-state index contributed by atoms with van der Waals surface area (Å²) in [7, 11) is 0. The molecule has 0 aromatic heterocycles. The van der Waals surface area contributed by atoms with Gasteiger partial charge in [-0.05, 0) is 12.8 Å². The van der Waals surface area contributed by atoms with Crippen molar-refractivity contribution in [1.29, 1.82) is 0 Å². The summed E-state index contributed by atoms with van der Waals surface area (Å²) in [6.07, 6.45) is 25.0. The van der Waals surface area contributed by atoms with E-state index in [1.165, 1.54) is 96.0 Å². The molecule has 1 unspecified atom stereocenters. The molecule has 0 bridgehead atoms. The Morgan fingerprint density at radius 1 is 0.759 bits per heavy atom. The monoisotopic (exact) mass is 418 g/mol. The van der Waals surface area contributed by atoms with Gasteiger partial charge in [0.2, 0.25) is 0 Å². The molecule has 1 N–H and O–H groups in total. The van der Waals surface area contributed by atoms with Crippen LogP contribution in [0.25, 0.3) is 0 Å². The number of carbonyl (C=O) groups excluding carboxylic acids is 1. The molecule has 0 fully saturated rings. The van der Waals surface area contributed by atoms with Gasteiger partial charge in [-0.15, -0.1) is 0 Å². The van der Waals surface area contributed by atoms with Crippen molar-refractivity contribution in [3.63, 3.8) is 0 Å². The molecule has 0 heterocycles. The van der Waals surface area contributed by atoms with Gasteiger partial charge in [-0.2, -0.15) is 0 Å². The van der Waals surface area contributed by atoms with E-state index in [9.17, 15) is 14.7 Å². The molecule has 0 aliphatic carbocycles. The predicted octanol–water partition coefficient (Wildman–Crippen LogP) is 3.04. The Morgan fingerprint density at radius 2 is 1.14 bits per heavy atom. The van der Waals surface area contributed by atoms with Crippen molar-refractivity contribution in [2.75, 3.05) is 0 Å². The van der Waals surface area contributed by atoms with E-state index in [1.54, 1.807) is 6.08 Å². The summed E-state index contributed by atoms with van der Waals surface area (Å²) >= 11 is 0. The van der Waals surface area contributed by atoms with E-state index in [0.29, 0.717) is 0 Å². The Kier molecular flexibility index (Phi) is 25.5. The van der Waals surface area contributed by atoms with Gasteiger partial charge >= 0.3 is 35.5 Å². The second kappa shape index (κ2) is 24.0. The van der Waals surface area contributed by atoms with Crippen LogP contribution in [0, 0.1) is 5.92 Å². The van der Waals surface area contributed by atoms with Crippen molar-refractivity contribution in [3.8, 4) is 0 Å². The molecular weight excluding hydrogens is 375 g/mol. The molecule has 0 saturated carbocycles. The van der Waals surface area contributed by atoms with E-state index in [1.807, 2.05) is 0 Å². The Morgan fingerprint density at radius 3 is 1.48 bits per heavy atom. The van der Waals surface area contributed by atoms with Crippen LogP contribution in [0.15, 0.2) is 12.2 Å². The molecule has 0 aliphatic rings. The van der Waals surface area contributed by atoms with E-state index < -0.39 is 24.3 Å². The third-order valence-electron chi connectivity index (χ3n) is 5.30. The van der Waals surface area contributed by atoms with Crippen LogP contribution < -0.4 is 34.7 Å². The van der Waals surface area contributed by atoms with E-state index in [-0.39, 0.29) is 29.6 Å². The Bertz CT molecular complexity index is 410. The average Bonchev–Trinajstić information content (AvgIpc) is 2.65. The van der Waals surface area contributed by atoms with Crippen molar-refractivity contribution < 1.29 is 49.4 Å². The minimum absolute atomic E-state index is 0. The molecule has 4 nitrogen and oxygen atoms in total. The summed E-state index contributed by atoms with van der Waals surface area (Å²) in [5, 5.41) is 19.4. The first-order valence-corrected chi connectivity index (χ1v) is 11.7. The van der Waals surface area contributed by atoms with E-state index in [0.717, 1.165) is 19.3 Å². The summed E-state index contributed by atoms with van der Waals surface area (Å²) in [6.45, 7) is 2.26. The predicted molar refractivity (Wildman–Crippen MR) is 114 cm³/mol. The molecule has 0 spiro atoms. The van der Waals surface area contributed by atoms with Crippen LogP contribution in [0.1, 0.15) is 122 Å². The fourth-order valence-electron chi connectivity index (χ4n) is 3.49. The first-order valence-electron chi connectivity index (χ1n) is 11.7. The Balaban J connectivity index is 0. The summed E-state index contributed by atoms with van der Waals surface area (Å²) in [5.74, 6) is -3.39. The summed E-state index contributed by atoms with van der Waals surface area (Å²) in [5.41, 5.74) is 0. The van der Waals surface area contributed by atoms with E-state index in [2.05, 4.69) is 6.92 Å². The van der Waals surface area contributed by atoms with Gasteiger partial charge in [0.25, 0.3) is 0 Å². The number of carboxylic acids is 2. The van der Waals surface area contributed by atoms with Gasteiger partial charge in [-0.3, -0.25) is 4.79 Å². The van der Waals surface area contributed by atoms with Gasteiger partial charge in [0, 0.05) is 12.4 Å². The largest absolute Gasteiger partial charge is 1.00 e. The molecule has 0 saturated heterocycles. The second-order valence-electron chi connectivity index (χ2n) is 8.04. The summed E-state index contributed by atoms with van der Waals surface area (Å²) in [6, 6.07) is 0. The smallest absolute Gasteiger partial charge is 0.550 e.